The summed E-state index contributed by atoms with van der Waals surface area (Å²) in [6.45, 7) is 1.93. The number of hydrogen-bond acceptors (Lipinski definition) is 3. The SMILES string of the molecule is Cc1cc(NC(=O)CC2CC3CCC(C2)N3)n(C)n1.Cl. The van der Waals surface area contributed by atoms with Crippen LogP contribution in [0.3, 0.4) is 0 Å². The number of aromatic nitrogens is 2. The topological polar surface area (TPSA) is 59.0 Å². The summed E-state index contributed by atoms with van der Waals surface area (Å²) < 4.78 is 1.72. The Morgan fingerprint density at radius 3 is 2.65 bits per heavy atom. The molecular weight excluding hydrogens is 276 g/mol. The van der Waals surface area contributed by atoms with E-state index < -0.39 is 0 Å². The van der Waals surface area contributed by atoms with Gasteiger partial charge in [-0.15, -0.1) is 12.4 Å². The highest BCUT2D eigenvalue weighted by Gasteiger charge is 2.34. The molecule has 112 valence electrons. The number of anilines is 1. The number of carbonyl (C=O) groups excluding carboxylic acids is 1. The molecule has 3 heterocycles. The molecule has 6 heteroatoms. The molecule has 2 saturated heterocycles. The summed E-state index contributed by atoms with van der Waals surface area (Å²) >= 11 is 0. The van der Waals surface area contributed by atoms with Gasteiger partial charge >= 0.3 is 0 Å². The van der Waals surface area contributed by atoms with E-state index in [4.69, 9.17) is 0 Å². The molecule has 1 aromatic rings. The molecule has 2 bridgehead atoms. The average molecular weight is 299 g/mol. The lowest BCUT2D eigenvalue weighted by molar-refractivity contribution is -0.117. The molecule has 0 aromatic carbocycles. The van der Waals surface area contributed by atoms with E-state index in [0.717, 1.165) is 24.4 Å². The van der Waals surface area contributed by atoms with E-state index >= 15 is 0 Å². The van der Waals surface area contributed by atoms with E-state index in [1.165, 1.54) is 12.8 Å². The predicted molar refractivity (Wildman–Crippen MR) is 81.1 cm³/mol. The van der Waals surface area contributed by atoms with Gasteiger partial charge in [-0.05, 0) is 38.5 Å². The van der Waals surface area contributed by atoms with Crippen molar-refractivity contribution in [2.24, 2.45) is 13.0 Å². The van der Waals surface area contributed by atoms with Gasteiger partial charge in [0.15, 0.2) is 0 Å². The van der Waals surface area contributed by atoms with E-state index in [1.807, 2.05) is 20.0 Å². The second-order valence-electron chi connectivity index (χ2n) is 6.02. The van der Waals surface area contributed by atoms with E-state index in [-0.39, 0.29) is 18.3 Å². The molecule has 1 amide bonds. The first-order valence-corrected chi connectivity index (χ1v) is 7.16. The summed E-state index contributed by atoms with van der Waals surface area (Å²) in [4.78, 5) is 12.1. The Labute approximate surface area is 125 Å². The Bertz CT molecular complexity index is 476. The normalized spacial score (nSPS) is 28.0. The Kier molecular flexibility index (Phi) is 4.70. The van der Waals surface area contributed by atoms with E-state index in [2.05, 4.69) is 15.7 Å². The Hall–Kier alpha value is -1.07. The zero-order valence-electron chi connectivity index (χ0n) is 12.1. The van der Waals surface area contributed by atoms with Crippen molar-refractivity contribution < 1.29 is 4.79 Å². The molecule has 0 spiro atoms. The van der Waals surface area contributed by atoms with Crippen LogP contribution in [-0.4, -0.2) is 27.8 Å². The molecule has 2 fully saturated rings. The van der Waals surface area contributed by atoms with Gasteiger partial charge in [-0.1, -0.05) is 0 Å². The standard InChI is InChI=1S/C14H22N4O.ClH/c1-9-5-13(18(2)17-9)16-14(19)8-10-6-11-3-4-12(7-10)15-11;/h5,10-12,15H,3-4,6-8H2,1-2H3,(H,16,19);1H. The second kappa shape index (κ2) is 6.14. The minimum Gasteiger partial charge on any atom is -0.311 e. The molecule has 0 radical (unpaired) electrons. The lowest BCUT2D eigenvalue weighted by atomic mass is 9.89. The fourth-order valence-electron chi connectivity index (χ4n) is 3.53. The van der Waals surface area contributed by atoms with E-state index in [0.29, 0.717) is 24.4 Å². The van der Waals surface area contributed by atoms with Crippen molar-refractivity contribution in [1.29, 1.82) is 0 Å². The molecule has 2 aliphatic heterocycles. The van der Waals surface area contributed by atoms with Gasteiger partial charge in [-0.3, -0.25) is 9.48 Å². The molecule has 3 rings (SSSR count). The van der Waals surface area contributed by atoms with Gasteiger partial charge in [0.25, 0.3) is 0 Å². The number of piperidine rings is 1. The number of hydrogen-bond donors (Lipinski definition) is 2. The second-order valence-corrected chi connectivity index (χ2v) is 6.02. The zero-order chi connectivity index (χ0) is 13.4. The van der Waals surface area contributed by atoms with Crippen molar-refractivity contribution in [3.63, 3.8) is 0 Å². The largest absolute Gasteiger partial charge is 0.311 e. The molecule has 5 nitrogen and oxygen atoms in total. The fourth-order valence-corrected chi connectivity index (χ4v) is 3.53. The molecule has 2 aliphatic rings. The number of amides is 1. The van der Waals surface area contributed by atoms with Crippen molar-refractivity contribution in [2.75, 3.05) is 5.32 Å². The van der Waals surface area contributed by atoms with Crippen molar-refractivity contribution >= 4 is 24.1 Å². The van der Waals surface area contributed by atoms with Crippen molar-refractivity contribution in [3.05, 3.63) is 11.8 Å². The molecule has 0 saturated carbocycles. The monoisotopic (exact) mass is 298 g/mol. The fraction of sp³-hybridized carbons (Fsp3) is 0.714. The summed E-state index contributed by atoms with van der Waals surface area (Å²) in [5.74, 6) is 1.45. The molecule has 2 unspecified atom stereocenters. The van der Waals surface area contributed by atoms with Crippen LogP contribution in [0, 0.1) is 12.8 Å². The number of aryl methyl sites for hydroxylation is 2. The van der Waals surface area contributed by atoms with Crippen LogP contribution in [0.15, 0.2) is 6.07 Å². The number of nitrogens with one attached hydrogen (secondary N) is 2. The van der Waals surface area contributed by atoms with Gasteiger partial charge in [0.05, 0.1) is 5.69 Å². The van der Waals surface area contributed by atoms with Crippen LogP contribution in [0.25, 0.3) is 0 Å². The highest BCUT2D eigenvalue weighted by atomic mass is 35.5. The first-order chi connectivity index (χ1) is 9.10. The third kappa shape index (κ3) is 3.33. The summed E-state index contributed by atoms with van der Waals surface area (Å²) in [6, 6.07) is 3.20. The van der Waals surface area contributed by atoms with Crippen LogP contribution in [-0.2, 0) is 11.8 Å². The highest BCUT2D eigenvalue weighted by molar-refractivity contribution is 5.90. The molecule has 20 heavy (non-hydrogen) atoms. The van der Waals surface area contributed by atoms with Crippen molar-refractivity contribution in [2.45, 2.75) is 51.1 Å². The maximum Gasteiger partial charge on any atom is 0.225 e. The van der Waals surface area contributed by atoms with Crippen LogP contribution in [0.1, 0.15) is 37.8 Å². The lowest BCUT2D eigenvalue weighted by Gasteiger charge is -2.28. The number of carbonyl (C=O) groups is 1. The summed E-state index contributed by atoms with van der Waals surface area (Å²) in [7, 11) is 1.85. The molecule has 1 aromatic heterocycles. The van der Waals surface area contributed by atoms with E-state index in [1.54, 1.807) is 4.68 Å². The van der Waals surface area contributed by atoms with Crippen LogP contribution in [0.2, 0.25) is 0 Å². The number of rotatable bonds is 3. The van der Waals surface area contributed by atoms with Gasteiger partial charge < -0.3 is 10.6 Å². The maximum atomic E-state index is 12.1. The summed E-state index contributed by atoms with van der Waals surface area (Å²) in [5.41, 5.74) is 0.928. The Balaban J connectivity index is 0.00000147. The Morgan fingerprint density at radius 2 is 2.10 bits per heavy atom. The summed E-state index contributed by atoms with van der Waals surface area (Å²) in [6.07, 6.45) is 5.50. The van der Waals surface area contributed by atoms with E-state index in [9.17, 15) is 4.79 Å². The minimum atomic E-state index is 0. The first-order valence-electron chi connectivity index (χ1n) is 7.16. The van der Waals surface area contributed by atoms with Crippen LogP contribution in [0.5, 0.6) is 0 Å². The molecule has 0 aliphatic carbocycles. The smallest absolute Gasteiger partial charge is 0.225 e. The van der Waals surface area contributed by atoms with Crippen molar-refractivity contribution in [1.82, 2.24) is 15.1 Å². The molecule has 2 atom stereocenters. The lowest BCUT2D eigenvalue weighted by Crippen LogP contribution is -2.39. The van der Waals surface area contributed by atoms with Gasteiger partial charge in [0.1, 0.15) is 5.82 Å². The summed E-state index contributed by atoms with van der Waals surface area (Å²) in [5, 5.41) is 10.8. The third-order valence-corrected chi connectivity index (χ3v) is 4.31. The zero-order valence-corrected chi connectivity index (χ0v) is 12.9. The average Bonchev–Trinajstić information content (AvgIpc) is 2.82. The molecular formula is C14H23ClN4O. The number of fused-ring (bicyclic) bond motifs is 2. The van der Waals surface area contributed by atoms with Gasteiger partial charge in [0.2, 0.25) is 5.91 Å². The van der Waals surface area contributed by atoms with Crippen molar-refractivity contribution in [3.8, 4) is 0 Å². The number of halogens is 1. The number of nitrogens with zero attached hydrogens (tertiary/aromatic N) is 2. The van der Waals surface area contributed by atoms with Gasteiger partial charge in [0, 0.05) is 31.6 Å². The predicted octanol–water partition coefficient (Wildman–Crippen LogP) is 2.01. The van der Waals surface area contributed by atoms with Crippen LogP contribution < -0.4 is 10.6 Å². The van der Waals surface area contributed by atoms with Crippen LogP contribution >= 0.6 is 12.4 Å². The first kappa shape index (κ1) is 15.3. The van der Waals surface area contributed by atoms with Gasteiger partial charge in [-0.2, -0.15) is 5.10 Å². The maximum absolute atomic E-state index is 12.1. The van der Waals surface area contributed by atoms with Crippen LogP contribution in [0.4, 0.5) is 5.82 Å². The minimum absolute atomic E-state index is 0. The molecule has 2 N–H and O–H groups in total. The quantitative estimate of drug-likeness (QED) is 0.897. The van der Waals surface area contributed by atoms with Gasteiger partial charge in [-0.25, -0.2) is 0 Å². The third-order valence-electron chi connectivity index (χ3n) is 4.31. The Morgan fingerprint density at radius 1 is 1.45 bits per heavy atom. The highest BCUT2D eigenvalue weighted by Crippen LogP contribution is 2.32.